The highest BCUT2D eigenvalue weighted by atomic mass is 16.2. The Bertz CT molecular complexity index is 892. The van der Waals surface area contributed by atoms with Crippen LogP contribution in [0.25, 0.3) is 10.9 Å². The second-order valence-corrected chi connectivity index (χ2v) is 7.68. The van der Waals surface area contributed by atoms with Crippen LogP contribution in [0.2, 0.25) is 0 Å². The normalized spacial score (nSPS) is 19.0. The molecule has 2 aromatic rings. The van der Waals surface area contributed by atoms with E-state index in [2.05, 4.69) is 32.5 Å². The number of benzene rings is 1. The van der Waals surface area contributed by atoms with Crippen molar-refractivity contribution in [3.63, 3.8) is 0 Å². The number of nitrogens with two attached hydrogens (primary N) is 2. The number of aromatic nitrogens is 2. The lowest BCUT2D eigenvalue weighted by Crippen LogP contribution is -2.38. The molecule has 1 fully saturated rings. The fourth-order valence-electron chi connectivity index (χ4n) is 3.71. The predicted octanol–water partition coefficient (Wildman–Crippen LogP) is 2.46. The number of rotatable bonds is 7. The molecule has 0 spiro atoms. The molecule has 1 aromatic heterocycles. The van der Waals surface area contributed by atoms with Gasteiger partial charge < -0.3 is 22.1 Å². The van der Waals surface area contributed by atoms with E-state index in [0.29, 0.717) is 12.4 Å². The average molecular weight is 398 g/mol. The van der Waals surface area contributed by atoms with Crippen LogP contribution >= 0.6 is 0 Å². The monoisotopic (exact) mass is 397 g/mol. The van der Waals surface area contributed by atoms with Gasteiger partial charge in [-0.15, -0.1) is 0 Å². The van der Waals surface area contributed by atoms with E-state index >= 15 is 0 Å². The van der Waals surface area contributed by atoms with E-state index in [1.807, 2.05) is 25.1 Å². The van der Waals surface area contributed by atoms with Gasteiger partial charge in [-0.2, -0.15) is 0 Å². The van der Waals surface area contributed by atoms with Crippen LogP contribution in [0.5, 0.6) is 0 Å². The number of carbonyl (C=O) groups is 1. The number of nitrogens with zero attached hydrogens (tertiary/aromatic N) is 3. The highest BCUT2D eigenvalue weighted by Gasteiger charge is 2.26. The summed E-state index contributed by atoms with van der Waals surface area (Å²) in [5.74, 6) is 0.674. The summed E-state index contributed by atoms with van der Waals surface area (Å²) in [6.45, 7) is 4.72. The molecule has 1 aliphatic carbocycles. The van der Waals surface area contributed by atoms with E-state index < -0.39 is 0 Å². The molecule has 1 amide bonds. The van der Waals surface area contributed by atoms with Gasteiger partial charge >= 0.3 is 0 Å². The molecule has 8 heteroatoms. The van der Waals surface area contributed by atoms with E-state index in [1.54, 1.807) is 0 Å². The summed E-state index contributed by atoms with van der Waals surface area (Å²) < 4.78 is 0. The predicted molar refractivity (Wildman–Crippen MR) is 117 cm³/mol. The van der Waals surface area contributed by atoms with Crippen molar-refractivity contribution in [3.8, 4) is 0 Å². The van der Waals surface area contributed by atoms with E-state index in [-0.39, 0.29) is 29.8 Å². The minimum absolute atomic E-state index is 0.00888. The standard InChI is InChI=1S/C21H31N7O/c1-3-4-11-24-20(29)19-25-15-10-9-13(2)12-14(15)18(28-19)26-16-7-5-6-8-17(16)27-21(22)23/h9-10,12,16-17H,3-8,11H2,1-2H3,(H,24,29)(H4,22,23,27)(H,25,26,28)/t16-,17+/m0/s1. The number of hydrogen-bond acceptors (Lipinski definition) is 5. The molecular weight excluding hydrogens is 366 g/mol. The number of guanidine groups is 1. The maximum absolute atomic E-state index is 12.6. The second kappa shape index (κ2) is 9.54. The Labute approximate surface area is 171 Å². The fraction of sp³-hybridized carbons (Fsp3) is 0.524. The number of amides is 1. The van der Waals surface area contributed by atoms with Gasteiger partial charge in [0.05, 0.1) is 17.6 Å². The summed E-state index contributed by atoms with van der Waals surface area (Å²) in [6.07, 6.45) is 5.98. The van der Waals surface area contributed by atoms with E-state index in [9.17, 15) is 4.79 Å². The summed E-state index contributed by atoms with van der Waals surface area (Å²) in [5.41, 5.74) is 13.1. The first kappa shape index (κ1) is 20.8. The first-order chi connectivity index (χ1) is 14.0. The first-order valence-corrected chi connectivity index (χ1v) is 10.4. The molecule has 1 saturated carbocycles. The van der Waals surface area contributed by atoms with Crippen LogP contribution in [0.3, 0.4) is 0 Å². The Balaban J connectivity index is 1.94. The molecule has 1 aliphatic rings. The van der Waals surface area contributed by atoms with Crippen LogP contribution in [0.1, 0.15) is 61.6 Å². The maximum Gasteiger partial charge on any atom is 0.289 e. The van der Waals surface area contributed by atoms with Crippen molar-refractivity contribution < 1.29 is 4.79 Å². The van der Waals surface area contributed by atoms with E-state index in [1.165, 1.54) is 0 Å². The van der Waals surface area contributed by atoms with Gasteiger partial charge in [-0.05, 0) is 38.3 Å². The van der Waals surface area contributed by atoms with Gasteiger partial charge in [0.25, 0.3) is 5.91 Å². The Hall–Kier alpha value is -2.90. The molecule has 0 aliphatic heterocycles. The van der Waals surface area contributed by atoms with Gasteiger partial charge in [-0.1, -0.05) is 37.8 Å². The Morgan fingerprint density at radius 1 is 1.24 bits per heavy atom. The quantitative estimate of drug-likeness (QED) is 0.322. The molecule has 2 atom stereocenters. The summed E-state index contributed by atoms with van der Waals surface area (Å²) in [5, 5.41) is 7.31. The topological polar surface area (TPSA) is 131 Å². The number of aliphatic imine (C=N–C) groups is 1. The minimum Gasteiger partial charge on any atom is -0.370 e. The summed E-state index contributed by atoms with van der Waals surface area (Å²) in [7, 11) is 0. The molecule has 0 bridgehead atoms. The number of unbranched alkanes of at least 4 members (excludes halogenated alkanes) is 1. The Morgan fingerprint density at radius 2 is 2.03 bits per heavy atom. The lowest BCUT2D eigenvalue weighted by molar-refractivity contribution is 0.0943. The van der Waals surface area contributed by atoms with Crippen molar-refractivity contribution >= 4 is 28.6 Å². The molecular formula is C21H31N7O. The van der Waals surface area contributed by atoms with Gasteiger partial charge in [-0.3, -0.25) is 4.79 Å². The highest BCUT2D eigenvalue weighted by molar-refractivity contribution is 5.96. The third kappa shape index (κ3) is 5.34. The number of carbonyl (C=O) groups excluding carboxylic acids is 1. The van der Waals surface area contributed by atoms with Gasteiger partial charge in [0.15, 0.2) is 5.96 Å². The van der Waals surface area contributed by atoms with Crippen molar-refractivity contribution in [2.24, 2.45) is 16.5 Å². The SMILES string of the molecule is CCCCNC(=O)c1nc(N[C@H]2CCCC[C@H]2N=C(N)N)c2cc(C)ccc2n1. The smallest absolute Gasteiger partial charge is 0.289 e. The largest absolute Gasteiger partial charge is 0.370 e. The third-order valence-corrected chi connectivity index (χ3v) is 5.24. The van der Waals surface area contributed by atoms with Crippen molar-refractivity contribution in [3.05, 3.63) is 29.6 Å². The zero-order valence-corrected chi connectivity index (χ0v) is 17.2. The maximum atomic E-state index is 12.6. The fourth-order valence-corrected chi connectivity index (χ4v) is 3.71. The molecule has 1 heterocycles. The first-order valence-electron chi connectivity index (χ1n) is 10.4. The molecule has 1 aromatic carbocycles. The molecule has 8 nitrogen and oxygen atoms in total. The lowest BCUT2D eigenvalue weighted by atomic mass is 9.90. The van der Waals surface area contributed by atoms with Crippen LogP contribution in [0, 0.1) is 6.92 Å². The van der Waals surface area contributed by atoms with Crippen LogP contribution in [-0.4, -0.2) is 40.5 Å². The number of fused-ring (bicyclic) bond motifs is 1. The third-order valence-electron chi connectivity index (χ3n) is 5.24. The number of hydrogen-bond donors (Lipinski definition) is 4. The highest BCUT2D eigenvalue weighted by Crippen LogP contribution is 2.28. The molecule has 0 saturated heterocycles. The van der Waals surface area contributed by atoms with Crippen molar-refractivity contribution in [1.29, 1.82) is 0 Å². The van der Waals surface area contributed by atoms with Crippen LogP contribution in [-0.2, 0) is 0 Å². The molecule has 156 valence electrons. The Morgan fingerprint density at radius 3 is 2.79 bits per heavy atom. The van der Waals surface area contributed by atoms with Crippen LogP contribution < -0.4 is 22.1 Å². The van der Waals surface area contributed by atoms with Crippen molar-refractivity contribution in [2.75, 3.05) is 11.9 Å². The summed E-state index contributed by atoms with van der Waals surface area (Å²) >= 11 is 0. The van der Waals surface area contributed by atoms with Crippen LogP contribution in [0.15, 0.2) is 23.2 Å². The zero-order chi connectivity index (χ0) is 20.8. The van der Waals surface area contributed by atoms with Gasteiger partial charge in [0.2, 0.25) is 5.82 Å². The second-order valence-electron chi connectivity index (χ2n) is 7.68. The average Bonchev–Trinajstić information content (AvgIpc) is 2.69. The minimum atomic E-state index is -0.256. The molecule has 3 rings (SSSR count). The van der Waals surface area contributed by atoms with Crippen molar-refractivity contribution in [2.45, 2.75) is 64.5 Å². The van der Waals surface area contributed by atoms with Crippen LogP contribution in [0.4, 0.5) is 5.82 Å². The zero-order valence-electron chi connectivity index (χ0n) is 17.2. The van der Waals surface area contributed by atoms with Gasteiger partial charge in [-0.25, -0.2) is 15.0 Å². The van der Waals surface area contributed by atoms with Crippen molar-refractivity contribution in [1.82, 2.24) is 15.3 Å². The molecule has 29 heavy (non-hydrogen) atoms. The Kier molecular flexibility index (Phi) is 6.85. The lowest BCUT2D eigenvalue weighted by Gasteiger charge is -2.30. The number of aryl methyl sites for hydroxylation is 1. The summed E-state index contributed by atoms with van der Waals surface area (Å²) in [4.78, 5) is 26.0. The molecule has 0 unspecified atom stereocenters. The molecule has 6 N–H and O–H groups in total. The van der Waals surface area contributed by atoms with Gasteiger partial charge in [0, 0.05) is 11.9 Å². The number of nitrogens with one attached hydrogen (secondary N) is 2. The molecule has 0 radical (unpaired) electrons. The van der Waals surface area contributed by atoms with E-state index in [0.717, 1.165) is 55.0 Å². The number of anilines is 1. The van der Waals surface area contributed by atoms with E-state index in [4.69, 9.17) is 11.5 Å². The van der Waals surface area contributed by atoms with Gasteiger partial charge in [0.1, 0.15) is 5.82 Å². The summed E-state index contributed by atoms with van der Waals surface area (Å²) in [6, 6.07) is 6.00.